The summed E-state index contributed by atoms with van der Waals surface area (Å²) in [4.78, 5) is 11.0. The summed E-state index contributed by atoms with van der Waals surface area (Å²) in [6.07, 6.45) is 5.51. The normalized spacial score (nSPS) is 11.6. The predicted octanol–water partition coefficient (Wildman–Crippen LogP) is 3.45. The van der Waals surface area contributed by atoms with Crippen LogP contribution in [0.1, 0.15) is 12.0 Å². The summed E-state index contributed by atoms with van der Waals surface area (Å²) in [5.41, 5.74) is 1.00. The second-order valence-corrected chi connectivity index (χ2v) is 3.91. The van der Waals surface area contributed by atoms with Gasteiger partial charge in [0.15, 0.2) is 0 Å². The van der Waals surface area contributed by atoms with Gasteiger partial charge in [-0.2, -0.15) is 0 Å². The molecule has 1 rings (SSSR count). The molecule has 0 fully saturated rings. The first-order valence-electron chi connectivity index (χ1n) is 5.40. The van der Waals surface area contributed by atoms with Crippen LogP contribution in [-0.4, -0.2) is 20.2 Å². The van der Waals surface area contributed by atoms with E-state index in [-0.39, 0.29) is 12.4 Å². The minimum atomic E-state index is -0.301. The Morgan fingerprint density at radius 2 is 1.89 bits per heavy atom. The summed E-state index contributed by atoms with van der Waals surface area (Å²) in [5.74, 6) is 0.305. The number of methoxy groups -OCH3 is 2. The molecule has 0 aromatic heterocycles. The Hall–Kier alpha value is -1.74. The summed E-state index contributed by atoms with van der Waals surface area (Å²) in [5, 5.41) is 0.695. The number of ether oxygens (including phenoxy) is 2. The number of carbonyl (C=O) groups excluding carboxylic acids is 1. The van der Waals surface area contributed by atoms with Crippen LogP contribution in [0.15, 0.2) is 42.2 Å². The van der Waals surface area contributed by atoms with E-state index in [1.807, 2.05) is 30.3 Å². The third-order valence-electron chi connectivity index (χ3n) is 2.24. The van der Waals surface area contributed by atoms with Gasteiger partial charge in [-0.3, -0.25) is 4.79 Å². The van der Waals surface area contributed by atoms with Crippen molar-refractivity contribution in [1.82, 2.24) is 0 Å². The second kappa shape index (κ2) is 7.56. The van der Waals surface area contributed by atoms with Gasteiger partial charge in [-0.1, -0.05) is 29.8 Å². The molecule has 4 heteroatoms. The van der Waals surface area contributed by atoms with Gasteiger partial charge in [0, 0.05) is 5.02 Å². The molecular weight excluding hydrogens is 252 g/mol. The van der Waals surface area contributed by atoms with Crippen molar-refractivity contribution in [2.45, 2.75) is 6.42 Å². The highest BCUT2D eigenvalue weighted by molar-refractivity contribution is 6.30. The van der Waals surface area contributed by atoms with Crippen LogP contribution in [0.25, 0.3) is 6.08 Å². The van der Waals surface area contributed by atoms with E-state index in [2.05, 4.69) is 4.74 Å². The van der Waals surface area contributed by atoms with Crippen LogP contribution in [0, 0.1) is 0 Å². The zero-order valence-corrected chi connectivity index (χ0v) is 11.1. The van der Waals surface area contributed by atoms with Crippen LogP contribution >= 0.6 is 11.6 Å². The average Bonchev–Trinajstić information content (AvgIpc) is 2.40. The van der Waals surface area contributed by atoms with Gasteiger partial charge in [0.2, 0.25) is 0 Å². The van der Waals surface area contributed by atoms with Crippen molar-refractivity contribution >= 4 is 23.6 Å². The number of halogens is 1. The lowest BCUT2D eigenvalue weighted by Crippen LogP contribution is -1.98. The van der Waals surface area contributed by atoms with Crippen molar-refractivity contribution in [1.29, 1.82) is 0 Å². The first kappa shape index (κ1) is 14.3. The zero-order valence-electron chi connectivity index (χ0n) is 10.4. The van der Waals surface area contributed by atoms with E-state index >= 15 is 0 Å². The van der Waals surface area contributed by atoms with E-state index in [1.54, 1.807) is 19.3 Å². The largest absolute Gasteiger partial charge is 0.497 e. The SMILES string of the molecule is COC(=O)C/C=C(/C=C/c1ccc(Cl)cc1)OC. The van der Waals surface area contributed by atoms with Gasteiger partial charge < -0.3 is 9.47 Å². The van der Waals surface area contributed by atoms with E-state index in [0.29, 0.717) is 10.8 Å². The van der Waals surface area contributed by atoms with Gasteiger partial charge >= 0.3 is 5.97 Å². The van der Waals surface area contributed by atoms with Crippen LogP contribution in [0.3, 0.4) is 0 Å². The Balaban J connectivity index is 2.67. The molecule has 0 aliphatic carbocycles. The Kier molecular flexibility index (Phi) is 6.01. The van der Waals surface area contributed by atoms with Gasteiger partial charge in [0.05, 0.1) is 20.6 Å². The molecule has 18 heavy (non-hydrogen) atoms. The Morgan fingerprint density at radius 3 is 2.44 bits per heavy atom. The lowest BCUT2D eigenvalue weighted by molar-refractivity contribution is -0.139. The number of benzene rings is 1. The number of hydrogen-bond donors (Lipinski definition) is 0. The van der Waals surface area contributed by atoms with Crippen molar-refractivity contribution in [3.8, 4) is 0 Å². The average molecular weight is 267 g/mol. The van der Waals surface area contributed by atoms with Crippen LogP contribution < -0.4 is 0 Å². The fourth-order valence-corrected chi connectivity index (χ4v) is 1.36. The molecule has 0 unspecified atom stereocenters. The van der Waals surface area contributed by atoms with Crippen molar-refractivity contribution in [3.05, 3.63) is 52.8 Å². The molecule has 0 atom stereocenters. The van der Waals surface area contributed by atoms with Gasteiger partial charge in [-0.05, 0) is 29.8 Å². The van der Waals surface area contributed by atoms with Gasteiger partial charge in [0.1, 0.15) is 5.76 Å². The highest BCUT2D eigenvalue weighted by Crippen LogP contribution is 2.12. The molecule has 0 bridgehead atoms. The predicted molar refractivity (Wildman–Crippen MR) is 72.2 cm³/mol. The number of carbonyl (C=O) groups is 1. The number of allylic oxidation sites excluding steroid dienone is 1. The van der Waals surface area contributed by atoms with Crippen molar-refractivity contribution in [3.63, 3.8) is 0 Å². The van der Waals surface area contributed by atoms with Crippen LogP contribution in [0.4, 0.5) is 0 Å². The molecule has 0 aliphatic heterocycles. The number of rotatable bonds is 5. The molecule has 0 saturated carbocycles. The van der Waals surface area contributed by atoms with Crippen molar-refractivity contribution < 1.29 is 14.3 Å². The lowest BCUT2D eigenvalue weighted by atomic mass is 10.2. The zero-order chi connectivity index (χ0) is 13.4. The van der Waals surface area contributed by atoms with Crippen LogP contribution in [0.2, 0.25) is 5.02 Å². The van der Waals surface area contributed by atoms with E-state index < -0.39 is 0 Å². The molecule has 0 amide bonds. The molecule has 1 aromatic rings. The Morgan fingerprint density at radius 1 is 1.22 bits per heavy atom. The summed E-state index contributed by atoms with van der Waals surface area (Å²) >= 11 is 5.79. The Labute approximate surface area is 112 Å². The molecule has 1 aromatic carbocycles. The van der Waals surface area contributed by atoms with E-state index in [0.717, 1.165) is 5.56 Å². The molecular formula is C14H15ClO3. The summed E-state index contributed by atoms with van der Waals surface area (Å²) in [7, 11) is 2.90. The van der Waals surface area contributed by atoms with Crippen molar-refractivity contribution in [2.75, 3.05) is 14.2 Å². The number of esters is 1. The van der Waals surface area contributed by atoms with E-state index in [4.69, 9.17) is 16.3 Å². The molecule has 3 nitrogen and oxygen atoms in total. The maximum absolute atomic E-state index is 11.0. The molecule has 0 aliphatic rings. The molecule has 96 valence electrons. The quantitative estimate of drug-likeness (QED) is 0.465. The fourth-order valence-electron chi connectivity index (χ4n) is 1.24. The maximum Gasteiger partial charge on any atom is 0.309 e. The third-order valence-corrected chi connectivity index (χ3v) is 2.50. The standard InChI is InChI=1S/C14H15ClO3/c1-17-13(9-10-14(16)18-2)8-5-11-3-6-12(15)7-4-11/h3-9H,10H2,1-2H3/b8-5+,13-9-. The molecule has 0 spiro atoms. The Bertz CT molecular complexity index is 447. The van der Waals surface area contributed by atoms with Gasteiger partial charge in [-0.15, -0.1) is 0 Å². The summed E-state index contributed by atoms with van der Waals surface area (Å²) < 4.78 is 9.67. The minimum absolute atomic E-state index is 0.185. The molecule has 0 N–H and O–H groups in total. The third kappa shape index (κ3) is 5.06. The number of hydrogen-bond acceptors (Lipinski definition) is 3. The molecule has 0 saturated heterocycles. The monoisotopic (exact) mass is 266 g/mol. The van der Waals surface area contributed by atoms with Crippen LogP contribution in [-0.2, 0) is 14.3 Å². The summed E-state index contributed by atoms with van der Waals surface area (Å²) in [6.45, 7) is 0. The van der Waals surface area contributed by atoms with E-state index in [1.165, 1.54) is 7.11 Å². The minimum Gasteiger partial charge on any atom is -0.497 e. The van der Waals surface area contributed by atoms with Crippen molar-refractivity contribution in [2.24, 2.45) is 0 Å². The first-order valence-corrected chi connectivity index (χ1v) is 5.78. The molecule has 0 radical (unpaired) electrons. The van der Waals surface area contributed by atoms with Gasteiger partial charge in [-0.25, -0.2) is 0 Å². The first-order chi connectivity index (χ1) is 8.65. The van der Waals surface area contributed by atoms with E-state index in [9.17, 15) is 4.79 Å². The second-order valence-electron chi connectivity index (χ2n) is 3.48. The smallest absolute Gasteiger partial charge is 0.309 e. The highest BCUT2D eigenvalue weighted by atomic mass is 35.5. The highest BCUT2D eigenvalue weighted by Gasteiger charge is 1.98. The van der Waals surface area contributed by atoms with Gasteiger partial charge in [0.25, 0.3) is 0 Å². The lowest BCUT2D eigenvalue weighted by Gasteiger charge is -2.00. The maximum atomic E-state index is 11.0. The topological polar surface area (TPSA) is 35.5 Å². The summed E-state index contributed by atoms with van der Waals surface area (Å²) in [6, 6.07) is 7.41. The van der Waals surface area contributed by atoms with Crippen LogP contribution in [0.5, 0.6) is 0 Å². The molecule has 0 heterocycles. The fraction of sp³-hybridized carbons (Fsp3) is 0.214.